The van der Waals surface area contributed by atoms with Gasteiger partial charge in [0.25, 0.3) is 0 Å². The van der Waals surface area contributed by atoms with Gasteiger partial charge in [0.1, 0.15) is 6.54 Å². The van der Waals surface area contributed by atoms with Crippen molar-refractivity contribution in [3.05, 3.63) is 20.7 Å². The lowest BCUT2D eigenvalue weighted by atomic mass is 10.4. The molecule has 0 aliphatic rings. The number of hydrogen-bond acceptors (Lipinski definition) is 4. The number of aromatic nitrogens is 1. The second kappa shape index (κ2) is 5.82. The highest BCUT2D eigenvalue weighted by Crippen LogP contribution is 2.11. The quantitative estimate of drug-likeness (QED) is 0.715. The Kier molecular flexibility index (Phi) is 4.70. The number of H-pyrrole nitrogens is 1. The van der Waals surface area contributed by atoms with Crippen molar-refractivity contribution in [2.24, 2.45) is 0 Å². The fourth-order valence-electron chi connectivity index (χ4n) is 0.973. The van der Waals surface area contributed by atoms with E-state index in [1.807, 2.05) is 0 Å². The molecule has 0 saturated heterocycles. The van der Waals surface area contributed by atoms with Gasteiger partial charge in [0.2, 0.25) is 5.91 Å². The van der Waals surface area contributed by atoms with E-state index in [-0.39, 0.29) is 18.0 Å². The molecule has 0 saturated carbocycles. The minimum Gasteiger partial charge on any atom is -0.346 e. The maximum atomic E-state index is 11.7. The molecule has 17 heavy (non-hydrogen) atoms. The van der Waals surface area contributed by atoms with Crippen LogP contribution in [0.5, 0.6) is 0 Å². The van der Waals surface area contributed by atoms with Crippen LogP contribution < -0.4 is 15.5 Å². The van der Waals surface area contributed by atoms with Crippen molar-refractivity contribution >= 4 is 17.2 Å². The predicted molar refractivity (Wildman–Crippen MR) is 55.7 cm³/mol. The largest absolute Gasteiger partial charge is 0.405 e. The first kappa shape index (κ1) is 13.7. The molecule has 0 bridgehead atoms. The molecule has 3 N–H and O–H groups in total. The molecule has 0 atom stereocenters. The number of nitrogens with one attached hydrogen (secondary N) is 3. The van der Waals surface area contributed by atoms with Gasteiger partial charge in [0.15, 0.2) is 0 Å². The van der Waals surface area contributed by atoms with Crippen LogP contribution in [0.25, 0.3) is 0 Å². The molecule has 1 aromatic rings. The lowest BCUT2D eigenvalue weighted by Crippen LogP contribution is -2.39. The van der Waals surface area contributed by atoms with E-state index in [0.29, 0.717) is 5.69 Å². The molecular weight excluding hydrogens is 259 g/mol. The van der Waals surface area contributed by atoms with Crippen molar-refractivity contribution in [3.63, 3.8) is 0 Å². The Hall–Kier alpha value is -1.35. The zero-order chi connectivity index (χ0) is 12.9. The van der Waals surface area contributed by atoms with Gasteiger partial charge in [-0.05, 0) is 0 Å². The first-order valence-corrected chi connectivity index (χ1v) is 5.45. The average Bonchev–Trinajstić information content (AvgIpc) is 2.60. The van der Waals surface area contributed by atoms with E-state index in [1.165, 1.54) is 0 Å². The van der Waals surface area contributed by atoms with Crippen LogP contribution in [0.15, 0.2) is 10.2 Å². The lowest BCUT2D eigenvalue weighted by Gasteiger charge is -2.08. The summed E-state index contributed by atoms with van der Waals surface area (Å²) in [6.07, 6.45) is -4.41. The van der Waals surface area contributed by atoms with E-state index >= 15 is 0 Å². The number of hydrogen-bond donors (Lipinski definition) is 3. The fraction of sp³-hybridized carbons (Fsp3) is 0.500. The second-order valence-electron chi connectivity index (χ2n) is 3.17. The van der Waals surface area contributed by atoms with Gasteiger partial charge in [-0.3, -0.25) is 9.59 Å². The van der Waals surface area contributed by atoms with Crippen molar-refractivity contribution < 1.29 is 18.0 Å². The standard InChI is InChI=1S/C8H10F3N3O2S/c9-8(10,11)4-13-6(15)2-12-1-5-3-17-7(16)14-5/h3,12H,1-2,4H2,(H,13,15)(H,14,16). The van der Waals surface area contributed by atoms with Crippen LogP contribution in [0.2, 0.25) is 0 Å². The second-order valence-corrected chi connectivity index (χ2v) is 4.01. The third kappa shape index (κ3) is 6.07. The SMILES string of the molecule is O=C(CNCc1csc(=O)[nH]1)NCC(F)(F)F. The van der Waals surface area contributed by atoms with Crippen LogP contribution in [0, 0.1) is 0 Å². The van der Waals surface area contributed by atoms with Crippen LogP contribution in [-0.2, 0) is 11.3 Å². The van der Waals surface area contributed by atoms with Crippen LogP contribution in [0.3, 0.4) is 0 Å². The van der Waals surface area contributed by atoms with E-state index in [4.69, 9.17) is 0 Å². The third-order valence-corrected chi connectivity index (χ3v) is 2.38. The minimum absolute atomic E-state index is 0.219. The van der Waals surface area contributed by atoms with Crippen LogP contribution >= 0.6 is 11.3 Å². The summed E-state index contributed by atoms with van der Waals surface area (Å²) in [7, 11) is 0. The van der Waals surface area contributed by atoms with Gasteiger partial charge >= 0.3 is 11.0 Å². The summed E-state index contributed by atoms with van der Waals surface area (Å²) in [5.74, 6) is -0.750. The van der Waals surface area contributed by atoms with E-state index in [2.05, 4.69) is 10.3 Å². The van der Waals surface area contributed by atoms with E-state index in [1.54, 1.807) is 10.7 Å². The molecule has 0 spiro atoms. The van der Waals surface area contributed by atoms with Crippen LogP contribution in [0.4, 0.5) is 13.2 Å². The molecule has 1 amide bonds. The molecule has 1 aromatic heterocycles. The summed E-state index contributed by atoms with van der Waals surface area (Å²) in [4.78, 5) is 23.9. The number of halogens is 3. The minimum atomic E-state index is -4.41. The van der Waals surface area contributed by atoms with Gasteiger partial charge in [-0.15, -0.1) is 0 Å². The number of rotatable bonds is 5. The van der Waals surface area contributed by atoms with Crippen molar-refractivity contribution in [2.75, 3.05) is 13.1 Å². The molecule has 0 aliphatic carbocycles. The highest BCUT2D eigenvalue weighted by atomic mass is 32.1. The molecule has 96 valence electrons. The normalized spacial score (nSPS) is 11.5. The van der Waals surface area contributed by atoms with Crippen molar-refractivity contribution in [1.29, 1.82) is 0 Å². The highest BCUT2D eigenvalue weighted by molar-refractivity contribution is 7.07. The van der Waals surface area contributed by atoms with Crippen molar-refractivity contribution in [2.45, 2.75) is 12.7 Å². The van der Waals surface area contributed by atoms with Crippen molar-refractivity contribution in [3.8, 4) is 0 Å². The van der Waals surface area contributed by atoms with Crippen LogP contribution in [-0.4, -0.2) is 30.2 Å². The monoisotopic (exact) mass is 269 g/mol. The number of alkyl halides is 3. The number of aromatic amines is 1. The zero-order valence-corrected chi connectivity index (χ0v) is 9.37. The van der Waals surface area contributed by atoms with E-state index < -0.39 is 18.6 Å². The number of thiazole rings is 1. The first-order valence-electron chi connectivity index (χ1n) is 4.58. The molecule has 0 unspecified atom stereocenters. The fourth-order valence-corrected chi connectivity index (χ4v) is 1.55. The average molecular weight is 269 g/mol. The number of carbonyl (C=O) groups is 1. The Balaban J connectivity index is 2.18. The number of amides is 1. The molecular formula is C8H10F3N3O2S. The Bertz CT molecular complexity index is 426. The smallest absolute Gasteiger partial charge is 0.346 e. The van der Waals surface area contributed by atoms with Gasteiger partial charge < -0.3 is 15.6 Å². The summed E-state index contributed by atoms with van der Waals surface area (Å²) in [5.41, 5.74) is 0.587. The Morgan fingerprint density at radius 1 is 1.47 bits per heavy atom. The molecule has 9 heteroatoms. The molecule has 5 nitrogen and oxygen atoms in total. The van der Waals surface area contributed by atoms with Gasteiger partial charge in [-0.25, -0.2) is 0 Å². The van der Waals surface area contributed by atoms with Gasteiger partial charge in [0, 0.05) is 17.6 Å². The summed E-state index contributed by atoms with van der Waals surface area (Å²) < 4.78 is 35.2. The molecule has 1 heterocycles. The Labute approximate surface area is 98.0 Å². The van der Waals surface area contributed by atoms with E-state index in [0.717, 1.165) is 11.3 Å². The van der Waals surface area contributed by atoms with Crippen LogP contribution in [0.1, 0.15) is 5.69 Å². The Morgan fingerprint density at radius 2 is 2.18 bits per heavy atom. The molecule has 0 radical (unpaired) electrons. The lowest BCUT2D eigenvalue weighted by molar-refractivity contribution is -0.137. The van der Waals surface area contributed by atoms with Gasteiger partial charge in [-0.1, -0.05) is 11.3 Å². The maximum absolute atomic E-state index is 11.7. The molecule has 0 aromatic carbocycles. The maximum Gasteiger partial charge on any atom is 0.405 e. The molecule has 1 rings (SSSR count). The molecule has 0 fully saturated rings. The highest BCUT2D eigenvalue weighted by Gasteiger charge is 2.27. The third-order valence-electron chi connectivity index (χ3n) is 1.66. The topological polar surface area (TPSA) is 74.0 Å². The number of carbonyl (C=O) groups excluding carboxylic acids is 1. The Morgan fingerprint density at radius 3 is 2.71 bits per heavy atom. The van der Waals surface area contributed by atoms with E-state index in [9.17, 15) is 22.8 Å². The summed E-state index contributed by atoms with van der Waals surface area (Å²) in [6, 6.07) is 0. The summed E-state index contributed by atoms with van der Waals surface area (Å²) in [6.45, 7) is -1.37. The van der Waals surface area contributed by atoms with Gasteiger partial charge in [-0.2, -0.15) is 13.2 Å². The summed E-state index contributed by atoms with van der Waals surface area (Å²) in [5, 5.41) is 5.90. The first-order chi connectivity index (χ1) is 7.87. The van der Waals surface area contributed by atoms with Crippen molar-refractivity contribution in [1.82, 2.24) is 15.6 Å². The molecule has 0 aliphatic heterocycles. The zero-order valence-electron chi connectivity index (χ0n) is 8.56. The predicted octanol–water partition coefficient (Wildman–Crippen LogP) is 0.205. The summed E-state index contributed by atoms with van der Waals surface area (Å²) >= 11 is 0.976. The van der Waals surface area contributed by atoms with Gasteiger partial charge in [0.05, 0.1) is 6.54 Å².